The highest BCUT2D eigenvalue weighted by Crippen LogP contribution is 2.31. The van der Waals surface area contributed by atoms with Crippen molar-refractivity contribution in [2.45, 2.75) is 37.3 Å². The summed E-state index contributed by atoms with van der Waals surface area (Å²) >= 11 is 6.03. The van der Waals surface area contributed by atoms with Crippen LogP contribution in [0.2, 0.25) is 5.02 Å². The molecule has 4 rings (SSSR count). The molecule has 3 heterocycles. The number of H-pyrrole nitrogens is 1. The summed E-state index contributed by atoms with van der Waals surface area (Å²) < 4.78 is 14.3. The molecule has 1 aliphatic rings. The standard InChI is InChI=1S/C18H19ClFN5O2/c19-10-4-12-13(7-22-15(12)21-6-10)16-23-8-14(20)17(25-16)24-11-2-1-3-18(27,5-11)9-26/h4,6-8,11,26-27H,1-3,5,9H2,(H,21,22)(H,23,24,25). The lowest BCUT2D eigenvalue weighted by Gasteiger charge is -2.35. The molecule has 0 radical (unpaired) electrons. The minimum atomic E-state index is -1.14. The second kappa shape index (κ2) is 7.03. The van der Waals surface area contributed by atoms with E-state index in [0.717, 1.165) is 24.4 Å². The molecule has 1 fully saturated rings. The number of rotatable bonds is 4. The van der Waals surface area contributed by atoms with Crippen molar-refractivity contribution in [2.75, 3.05) is 11.9 Å². The Balaban J connectivity index is 1.64. The maximum atomic E-state index is 14.3. The molecule has 2 unspecified atom stereocenters. The van der Waals surface area contributed by atoms with Gasteiger partial charge in [-0.15, -0.1) is 0 Å². The average molecular weight is 392 g/mol. The minimum absolute atomic E-state index is 0.0662. The summed E-state index contributed by atoms with van der Waals surface area (Å²) in [5.74, 6) is -0.174. The fraction of sp³-hybridized carbons (Fsp3) is 0.389. The van der Waals surface area contributed by atoms with Crippen LogP contribution in [0.4, 0.5) is 10.2 Å². The van der Waals surface area contributed by atoms with Gasteiger partial charge in [0, 0.05) is 29.4 Å². The van der Waals surface area contributed by atoms with E-state index in [1.54, 1.807) is 12.3 Å². The zero-order chi connectivity index (χ0) is 19.0. The first-order valence-electron chi connectivity index (χ1n) is 8.73. The van der Waals surface area contributed by atoms with Gasteiger partial charge >= 0.3 is 0 Å². The maximum absolute atomic E-state index is 14.3. The molecule has 142 valence electrons. The van der Waals surface area contributed by atoms with E-state index in [-0.39, 0.29) is 18.5 Å². The van der Waals surface area contributed by atoms with Crippen LogP contribution in [0.15, 0.2) is 24.7 Å². The lowest BCUT2D eigenvalue weighted by molar-refractivity contribution is -0.0449. The molecular formula is C18H19ClFN5O2. The fourth-order valence-corrected chi connectivity index (χ4v) is 3.72. The Kier molecular flexibility index (Phi) is 4.71. The maximum Gasteiger partial charge on any atom is 0.183 e. The van der Waals surface area contributed by atoms with Gasteiger partial charge in [0.25, 0.3) is 0 Å². The topological polar surface area (TPSA) is 107 Å². The normalized spacial score (nSPS) is 22.9. The molecular weight excluding hydrogens is 373 g/mol. The number of aliphatic hydroxyl groups is 2. The summed E-state index contributed by atoms with van der Waals surface area (Å²) in [5, 5.41) is 24.0. The second-order valence-corrected chi connectivity index (χ2v) is 7.40. The predicted molar refractivity (Wildman–Crippen MR) is 100 cm³/mol. The summed E-state index contributed by atoms with van der Waals surface area (Å²) in [7, 11) is 0. The van der Waals surface area contributed by atoms with Gasteiger partial charge in [-0.25, -0.2) is 19.3 Å². The third kappa shape index (κ3) is 3.60. The molecule has 0 saturated heterocycles. The van der Waals surface area contributed by atoms with Crippen LogP contribution in [0.3, 0.4) is 0 Å². The number of aliphatic hydroxyl groups excluding tert-OH is 1. The average Bonchev–Trinajstić information content (AvgIpc) is 3.07. The number of nitrogens with zero attached hydrogens (tertiary/aromatic N) is 3. The quantitative estimate of drug-likeness (QED) is 0.544. The van der Waals surface area contributed by atoms with Crippen LogP contribution in [-0.2, 0) is 0 Å². The molecule has 2 atom stereocenters. The molecule has 3 aromatic rings. The molecule has 1 aliphatic carbocycles. The second-order valence-electron chi connectivity index (χ2n) is 6.96. The monoisotopic (exact) mass is 391 g/mol. The summed E-state index contributed by atoms with van der Waals surface area (Å²) in [5.41, 5.74) is 0.164. The smallest absolute Gasteiger partial charge is 0.183 e. The molecule has 27 heavy (non-hydrogen) atoms. The number of halogens is 2. The van der Waals surface area contributed by atoms with Crippen molar-refractivity contribution < 1.29 is 14.6 Å². The number of aromatic amines is 1. The third-order valence-electron chi connectivity index (χ3n) is 4.94. The summed E-state index contributed by atoms with van der Waals surface area (Å²) in [4.78, 5) is 15.6. The van der Waals surface area contributed by atoms with Gasteiger partial charge < -0.3 is 20.5 Å². The first-order chi connectivity index (χ1) is 13.0. The Morgan fingerprint density at radius 2 is 2.22 bits per heavy atom. The molecule has 4 N–H and O–H groups in total. The van der Waals surface area contributed by atoms with Gasteiger partial charge in [-0.2, -0.15) is 0 Å². The van der Waals surface area contributed by atoms with E-state index in [0.29, 0.717) is 34.9 Å². The summed E-state index contributed by atoms with van der Waals surface area (Å²) in [6.07, 6.45) is 6.71. The van der Waals surface area contributed by atoms with Crippen molar-refractivity contribution >= 4 is 28.5 Å². The molecule has 0 amide bonds. The highest BCUT2D eigenvalue weighted by Gasteiger charge is 2.34. The van der Waals surface area contributed by atoms with E-state index in [4.69, 9.17) is 11.6 Å². The predicted octanol–water partition coefficient (Wildman–Crippen LogP) is 2.89. The van der Waals surface area contributed by atoms with Crippen molar-refractivity contribution in [3.63, 3.8) is 0 Å². The molecule has 1 saturated carbocycles. The van der Waals surface area contributed by atoms with E-state index < -0.39 is 11.4 Å². The number of pyridine rings is 1. The first kappa shape index (κ1) is 18.1. The van der Waals surface area contributed by atoms with E-state index in [2.05, 4.69) is 25.3 Å². The number of anilines is 1. The van der Waals surface area contributed by atoms with Gasteiger partial charge in [-0.1, -0.05) is 11.6 Å². The van der Waals surface area contributed by atoms with Crippen LogP contribution in [0.25, 0.3) is 22.4 Å². The first-order valence-corrected chi connectivity index (χ1v) is 9.10. The molecule has 9 heteroatoms. The fourth-order valence-electron chi connectivity index (χ4n) is 3.56. The van der Waals surface area contributed by atoms with Gasteiger partial charge in [-0.05, 0) is 31.7 Å². The van der Waals surface area contributed by atoms with Crippen LogP contribution < -0.4 is 5.32 Å². The summed E-state index contributed by atoms with van der Waals surface area (Å²) in [6.45, 7) is -0.314. The van der Waals surface area contributed by atoms with Crippen molar-refractivity contribution in [1.29, 1.82) is 0 Å². The third-order valence-corrected chi connectivity index (χ3v) is 5.15. The van der Waals surface area contributed by atoms with Crippen LogP contribution in [0.1, 0.15) is 25.7 Å². The van der Waals surface area contributed by atoms with Crippen molar-refractivity contribution in [3.8, 4) is 11.4 Å². The molecule has 3 aromatic heterocycles. The van der Waals surface area contributed by atoms with E-state index in [1.807, 2.05) is 0 Å². The minimum Gasteiger partial charge on any atom is -0.393 e. The Morgan fingerprint density at radius 3 is 3.04 bits per heavy atom. The van der Waals surface area contributed by atoms with Crippen molar-refractivity contribution in [2.24, 2.45) is 0 Å². The van der Waals surface area contributed by atoms with Crippen molar-refractivity contribution in [1.82, 2.24) is 19.9 Å². The van der Waals surface area contributed by atoms with Crippen LogP contribution in [-0.4, -0.2) is 48.4 Å². The lowest BCUT2D eigenvalue weighted by atomic mass is 9.82. The van der Waals surface area contributed by atoms with E-state index in [1.165, 1.54) is 6.20 Å². The summed E-state index contributed by atoms with van der Waals surface area (Å²) in [6, 6.07) is 1.56. The van der Waals surface area contributed by atoms with Gasteiger partial charge in [0.05, 0.1) is 23.4 Å². The number of hydrogen-bond acceptors (Lipinski definition) is 6. The van der Waals surface area contributed by atoms with Crippen molar-refractivity contribution in [3.05, 3.63) is 35.5 Å². The number of hydrogen-bond donors (Lipinski definition) is 4. The Labute approximate surface area is 159 Å². The molecule has 0 spiro atoms. The van der Waals surface area contributed by atoms with Crippen LogP contribution in [0.5, 0.6) is 0 Å². The zero-order valence-electron chi connectivity index (χ0n) is 14.4. The molecule has 7 nitrogen and oxygen atoms in total. The highest BCUT2D eigenvalue weighted by atomic mass is 35.5. The van der Waals surface area contributed by atoms with Crippen LogP contribution >= 0.6 is 11.6 Å². The Morgan fingerprint density at radius 1 is 1.37 bits per heavy atom. The number of aromatic nitrogens is 4. The Bertz CT molecular complexity index is 982. The zero-order valence-corrected chi connectivity index (χ0v) is 15.2. The number of fused-ring (bicyclic) bond motifs is 1. The lowest BCUT2D eigenvalue weighted by Crippen LogP contribution is -2.43. The van der Waals surface area contributed by atoms with Gasteiger partial charge in [0.1, 0.15) is 5.65 Å². The molecule has 0 aliphatic heterocycles. The Hall–Kier alpha value is -2.29. The van der Waals surface area contributed by atoms with E-state index in [9.17, 15) is 14.6 Å². The number of nitrogens with one attached hydrogen (secondary N) is 2. The largest absolute Gasteiger partial charge is 0.393 e. The SMILES string of the molecule is OCC1(O)CCCC(Nc2nc(-c3c[nH]c4ncc(Cl)cc34)ncc2F)C1. The van der Waals surface area contributed by atoms with E-state index >= 15 is 0 Å². The van der Waals surface area contributed by atoms with Gasteiger partial charge in [-0.3, -0.25) is 0 Å². The van der Waals surface area contributed by atoms with Crippen LogP contribution in [0, 0.1) is 5.82 Å². The molecule has 0 bridgehead atoms. The van der Waals surface area contributed by atoms with Gasteiger partial charge in [0.15, 0.2) is 17.5 Å². The van der Waals surface area contributed by atoms with Gasteiger partial charge in [0.2, 0.25) is 0 Å². The molecule has 0 aromatic carbocycles. The highest BCUT2D eigenvalue weighted by molar-refractivity contribution is 6.31.